The number of carboxylic acids is 2. The molecular weight excluding hydrogens is 174 g/mol. The van der Waals surface area contributed by atoms with E-state index in [1.807, 2.05) is 0 Å². The van der Waals surface area contributed by atoms with Gasteiger partial charge in [-0.1, -0.05) is 13.8 Å². The minimum absolute atomic E-state index is 0.558. The Balaban J connectivity index is 0. The highest BCUT2D eigenvalue weighted by Crippen LogP contribution is 1.70. The summed E-state index contributed by atoms with van der Waals surface area (Å²) in [4.78, 5) is 19.1. The SMILES string of the molecule is CCNCC.O=C(O)/C=C\C(=O)O. The van der Waals surface area contributed by atoms with Crippen LogP contribution >= 0.6 is 0 Å². The Morgan fingerprint density at radius 1 is 1.08 bits per heavy atom. The molecule has 0 aliphatic heterocycles. The van der Waals surface area contributed by atoms with E-state index in [2.05, 4.69) is 19.2 Å². The van der Waals surface area contributed by atoms with E-state index in [1.165, 1.54) is 0 Å². The molecular formula is C8H15NO4. The quantitative estimate of drug-likeness (QED) is 0.555. The second-order valence-corrected chi connectivity index (χ2v) is 1.97. The molecule has 0 rings (SSSR count). The number of hydrogen-bond acceptors (Lipinski definition) is 3. The Kier molecular flexibility index (Phi) is 11.6. The third kappa shape index (κ3) is 25.0. The average molecular weight is 189 g/mol. The maximum absolute atomic E-state index is 9.55. The maximum Gasteiger partial charge on any atom is 0.328 e. The zero-order valence-corrected chi connectivity index (χ0v) is 7.78. The van der Waals surface area contributed by atoms with E-state index in [-0.39, 0.29) is 0 Å². The van der Waals surface area contributed by atoms with Crippen LogP contribution in [0.2, 0.25) is 0 Å². The van der Waals surface area contributed by atoms with Crippen LogP contribution < -0.4 is 5.32 Å². The highest BCUT2D eigenvalue weighted by atomic mass is 16.4. The molecule has 13 heavy (non-hydrogen) atoms. The fourth-order valence-electron chi connectivity index (χ4n) is 0.393. The van der Waals surface area contributed by atoms with Crippen LogP contribution in [0, 0.1) is 0 Å². The second kappa shape index (κ2) is 10.6. The zero-order valence-electron chi connectivity index (χ0n) is 7.78. The summed E-state index contributed by atoms with van der Waals surface area (Å²) in [6.45, 7) is 6.39. The number of nitrogens with one attached hydrogen (secondary N) is 1. The van der Waals surface area contributed by atoms with E-state index in [0.29, 0.717) is 12.2 Å². The molecule has 0 aromatic heterocycles. The van der Waals surface area contributed by atoms with Gasteiger partial charge in [-0.15, -0.1) is 0 Å². The monoisotopic (exact) mass is 189 g/mol. The predicted octanol–water partition coefficient (Wildman–Crippen LogP) is 0.328. The summed E-state index contributed by atoms with van der Waals surface area (Å²) < 4.78 is 0. The van der Waals surface area contributed by atoms with E-state index >= 15 is 0 Å². The van der Waals surface area contributed by atoms with Crippen molar-refractivity contribution in [2.45, 2.75) is 13.8 Å². The summed E-state index contributed by atoms with van der Waals surface area (Å²) in [7, 11) is 0. The molecule has 0 aromatic rings. The molecule has 3 N–H and O–H groups in total. The summed E-state index contributed by atoms with van der Waals surface area (Å²) in [6.07, 6.45) is 1.12. The molecule has 0 bridgehead atoms. The Morgan fingerprint density at radius 3 is 1.46 bits per heavy atom. The highest BCUT2D eigenvalue weighted by molar-refractivity contribution is 5.89. The third-order valence-electron chi connectivity index (χ3n) is 0.868. The molecule has 0 heterocycles. The lowest BCUT2D eigenvalue weighted by Crippen LogP contribution is -2.09. The zero-order chi connectivity index (χ0) is 10.7. The van der Waals surface area contributed by atoms with E-state index in [0.717, 1.165) is 13.1 Å². The largest absolute Gasteiger partial charge is 0.478 e. The van der Waals surface area contributed by atoms with Gasteiger partial charge in [-0.25, -0.2) is 9.59 Å². The van der Waals surface area contributed by atoms with Crippen molar-refractivity contribution in [1.82, 2.24) is 5.32 Å². The van der Waals surface area contributed by atoms with E-state index in [4.69, 9.17) is 10.2 Å². The molecule has 0 unspecified atom stereocenters. The summed E-state index contributed by atoms with van der Waals surface area (Å²) in [5, 5.41) is 18.7. The molecule has 0 aliphatic rings. The fraction of sp³-hybridized carbons (Fsp3) is 0.500. The topological polar surface area (TPSA) is 86.6 Å². The van der Waals surface area contributed by atoms with Crippen LogP contribution in [-0.2, 0) is 9.59 Å². The number of carbonyl (C=O) groups is 2. The van der Waals surface area contributed by atoms with Crippen LogP contribution in [-0.4, -0.2) is 35.2 Å². The van der Waals surface area contributed by atoms with Crippen molar-refractivity contribution in [2.24, 2.45) is 0 Å². The Hall–Kier alpha value is -1.36. The molecule has 0 saturated carbocycles. The van der Waals surface area contributed by atoms with Gasteiger partial charge in [0.25, 0.3) is 0 Å². The molecule has 76 valence electrons. The summed E-state index contributed by atoms with van der Waals surface area (Å²) in [5.41, 5.74) is 0. The van der Waals surface area contributed by atoms with Gasteiger partial charge < -0.3 is 15.5 Å². The minimum Gasteiger partial charge on any atom is -0.478 e. The molecule has 0 aromatic carbocycles. The van der Waals surface area contributed by atoms with Crippen LogP contribution in [0.3, 0.4) is 0 Å². The number of rotatable bonds is 4. The molecule has 0 radical (unpaired) electrons. The van der Waals surface area contributed by atoms with Crippen molar-refractivity contribution in [2.75, 3.05) is 13.1 Å². The summed E-state index contributed by atoms with van der Waals surface area (Å²) in [5.74, 6) is -2.51. The van der Waals surface area contributed by atoms with Crippen molar-refractivity contribution in [3.05, 3.63) is 12.2 Å². The van der Waals surface area contributed by atoms with Crippen LogP contribution in [0.1, 0.15) is 13.8 Å². The predicted molar refractivity (Wildman–Crippen MR) is 48.6 cm³/mol. The van der Waals surface area contributed by atoms with Crippen molar-refractivity contribution < 1.29 is 19.8 Å². The van der Waals surface area contributed by atoms with Gasteiger partial charge in [0.1, 0.15) is 0 Å². The van der Waals surface area contributed by atoms with Gasteiger partial charge in [0.2, 0.25) is 0 Å². The molecule has 0 fully saturated rings. The van der Waals surface area contributed by atoms with E-state index < -0.39 is 11.9 Å². The van der Waals surface area contributed by atoms with Crippen molar-refractivity contribution in [3.63, 3.8) is 0 Å². The first-order valence-corrected chi connectivity index (χ1v) is 3.89. The van der Waals surface area contributed by atoms with Gasteiger partial charge in [-0.3, -0.25) is 0 Å². The molecule has 0 aliphatic carbocycles. The lowest BCUT2D eigenvalue weighted by atomic mass is 10.5. The van der Waals surface area contributed by atoms with E-state index in [9.17, 15) is 9.59 Å². The van der Waals surface area contributed by atoms with Crippen LogP contribution in [0.15, 0.2) is 12.2 Å². The summed E-state index contributed by atoms with van der Waals surface area (Å²) >= 11 is 0. The average Bonchev–Trinajstić information content (AvgIpc) is 2.03. The van der Waals surface area contributed by atoms with Crippen LogP contribution in [0.4, 0.5) is 0 Å². The fourth-order valence-corrected chi connectivity index (χ4v) is 0.393. The van der Waals surface area contributed by atoms with E-state index in [1.54, 1.807) is 0 Å². The van der Waals surface area contributed by atoms with Gasteiger partial charge in [-0.2, -0.15) is 0 Å². The van der Waals surface area contributed by atoms with Crippen molar-refractivity contribution in [1.29, 1.82) is 0 Å². The van der Waals surface area contributed by atoms with Gasteiger partial charge in [0, 0.05) is 12.2 Å². The smallest absolute Gasteiger partial charge is 0.328 e. The van der Waals surface area contributed by atoms with Gasteiger partial charge in [0.05, 0.1) is 0 Å². The minimum atomic E-state index is -1.26. The lowest BCUT2D eigenvalue weighted by molar-refractivity contribution is -0.134. The number of carboxylic acid groups (broad SMARTS) is 2. The van der Waals surface area contributed by atoms with Crippen molar-refractivity contribution in [3.8, 4) is 0 Å². The third-order valence-corrected chi connectivity index (χ3v) is 0.868. The van der Waals surface area contributed by atoms with Gasteiger partial charge >= 0.3 is 11.9 Å². The molecule has 0 atom stereocenters. The Labute approximate surface area is 77.1 Å². The second-order valence-electron chi connectivity index (χ2n) is 1.97. The first-order valence-electron chi connectivity index (χ1n) is 3.89. The van der Waals surface area contributed by atoms with Gasteiger partial charge in [0.15, 0.2) is 0 Å². The molecule has 5 heteroatoms. The van der Waals surface area contributed by atoms with Gasteiger partial charge in [-0.05, 0) is 13.1 Å². The molecule has 0 amide bonds. The molecule has 0 spiro atoms. The van der Waals surface area contributed by atoms with Crippen LogP contribution in [0.5, 0.6) is 0 Å². The lowest BCUT2D eigenvalue weighted by Gasteiger charge is -1.86. The molecule has 5 nitrogen and oxygen atoms in total. The molecule has 0 saturated heterocycles. The first-order chi connectivity index (χ1) is 6.04. The number of aliphatic carboxylic acids is 2. The Morgan fingerprint density at radius 2 is 1.38 bits per heavy atom. The normalized spacial score (nSPS) is 9.08. The number of hydrogen-bond donors (Lipinski definition) is 3. The maximum atomic E-state index is 9.55. The van der Waals surface area contributed by atoms with Crippen molar-refractivity contribution >= 4 is 11.9 Å². The highest BCUT2D eigenvalue weighted by Gasteiger charge is 1.88. The van der Waals surface area contributed by atoms with Crippen LogP contribution in [0.25, 0.3) is 0 Å². The summed E-state index contributed by atoms with van der Waals surface area (Å²) in [6, 6.07) is 0. The first kappa shape index (κ1) is 14.2. The standard InChI is InChI=1S/C4H11N.C4H4O4/c1-3-5-4-2;5-3(6)1-2-4(7)8/h5H,3-4H2,1-2H3;1-2H,(H,5,6)(H,7,8)/b;2-1-. The Bertz CT molecular complexity index is 159.